The van der Waals surface area contributed by atoms with Gasteiger partial charge in [-0.05, 0) is 44.3 Å². The number of nitrogens with one attached hydrogen (secondary N) is 2. The van der Waals surface area contributed by atoms with Crippen molar-refractivity contribution in [3.05, 3.63) is 60.2 Å². The Morgan fingerprint density at radius 3 is 2.38 bits per heavy atom. The molecule has 2 aromatic rings. The average Bonchev–Trinajstić information content (AvgIpc) is 2.73. The molecule has 0 aliphatic heterocycles. The molecule has 2 rings (SSSR count). The first kappa shape index (κ1) is 23.0. The van der Waals surface area contributed by atoms with Gasteiger partial charge in [0.2, 0.25) is 11.8 Å². The first-order valence-electron chi connectivity index (χ1n) is 9.94. The Bertz CT molecular complexity index is 798. The van der Waals surface area contributed by atoms with Crippen molar-refractivity contribution >= 4 is 29.3 Å². The van der Waals surface area contributed by atoms with Gasteiger partial charge >= 0.3 is 0 Å². The second-order valence-electron chi connectivity index (χ2n) is 7.10. The van der Waals surface area contributed by atoms with Gasteiger partial charge < -0.3 is 10.6 Å². The smallest absolute Gasteiger partial charge is 0.238 e. The highest BCUT2D eigenvalue weighted by Crippen LogP contribution is 2.24. The zero-order chi connectivity index (χ0) is 21.2. The van der Waals surface area contributed by atoms with Gasteiger partial charge in [-0.2, -0.15) is 0 Å². The number of hydrogen-bond acceptors (Lipinski definition) is 4. The molecule has 29 heavy (non-hydrogen) atoms. The predicted octanol–water partition coefficient (Wildman–Crippen LogP) is 4.32. The summed E-state index contributed by atoms with van der Waals surface area (Å²) in [5.74, 6) is -0.214. The van der Waals surface area contributed by atoms with E-state index in [4.69, 9.17) is 0 Å². The van der Waals surface area contributed by atoms with Crippen LogP contribution < -0.4 is 10.6 Å². The molecular weight excluding hydrogens is 382 g/mol. The highest BCUT2D eigenvalue weighted by Gasteiger charge is 2.23. The molecule has 0 saturated heterocycles. The molecule has 0 fully saturated rings. The van der Waals surface area contributed by atoms with Crippen molar-refractivity contribution in [3.63, 3.8) is 0 Å². The molecule has 2 aromatic carbocycles. The van der Waals surface area contributed by atoms with Crippen LogP contribution in [0.5, 0.6) is 0 Å². The molecule has 2 N–H and O–H groups in total. The minimum absolute atomic E-state index is 0.0215. The lowest BCUT2D eigenvalue weighted by Gasteiger charge is -2.26. The molecule has 0 aromatic heterocycles. The second kappa shape index (κ2) is 11.6. The first-order chi connectivity index (χ1) is 14.0. The summed E-state index contributed by atoms with van der Waals surface area (Å²) < 4.78 is 0. The van der Waals surface area contributed by atoms with Crippen molar-refractivity contribution in [2.75, 3.05) is 25.2 Å². The maximum absolute atomic E-state index is 12.8. The summed E-state index contributed by atoms with van der Waals surface area (Å²) >= 11 is 1.58. The molecule has 0 unspecified atom stereocenters. The van der Waals surface area contributed by atoms with E-state index in [-0.39, 0.29) is 24.4 Å². The van der Waals surface area contributed by atoms with E-state index in [9.17, 15) is 9.59 Å². The number of nitrogens with zero attached hydrogens (tertiary/aromatic N) is 1. The first-order valence-corrected chi connectivity index (χ1v) is 11.2. The number of hydrogen-bond donors (Lipinski definition) is 2. The number of amides is 2. The van der Waals surface area contributed by atoms with E-state index in [2.05, 4.69) is 17.6 Å². The van der Waals surface area contributed by atoms with E-state index in [1.54, 1.807) is 23.7 Å². The van der Waals surface area contributed by atoms with Gasteiger partial charge in [-0.15, -0.1) is 11.8 Å². The minimum atomic E-state index is -0.417. The maximum atomic E-state index is 12.8. The Morgan fingerprint density at radius 2 is 1.72 bits per heavy atom. The third kappa shape index (κ3) is 6.91. The van der Waals surface area contributed by atoms with Crippen LogP contribution in [-0.4, -0.2) is 42.6 Å². The molecule has 5 nitrogen and oxygen atoms in total. The van der Waals surface area contributed by atoms with Gasteiger partial charge in [0.15, 0.2) is 0 Å². The number of carbonyl (C=O) groups excluding carboxylic acids is 2. The molecule has 0 saturated carbocycles. The van der Waals surface area contributed by atoms with E-state index in [0.29, 0.717) is 0 Å². The Morgan fingerprint density at radius 1 is 1.07 bits per heavy atom. The molecular formula is C23H31N3O2S. The third-order valence-electron chi connectivity index (χ3n) is 4.91. The monoisotopic (exact) mass is 413 g/mol. The second-order valence-corrected chi connectivity index (χ2v) is 7.95. The van der Waals surface area contributed by atoms with Crippen LogP contribution >= 0.6 is 11.8 Å². The van der Waals surface area contributed by atoms with Crippen LogP contribution in [0.4, 0.5) is 5.69 Å². The van der Waals surface area contributed by atoms with Crippen molar-refractivity contribution in [1.82, 2.24) is 10.2 Å². The minimum Gasteiger partial charge on any atom is -0.348 e. The molecule has 0 aliphatic rings. The van der Waals surface area contributed by atoms with Gasteiger partial charge in [0, 0.05) is 4.90 Å². The number of rotatable bonds is 10. The molecule has 6 heteroatoms. The van der Waals surface area contributed by atoms with Gasteiger partial charge in [0.25, 0.3) is 0 Å². The fourth-order valence-electron chi connectivity index (χ4n) is 3.09. The van der Waals surface area contributed by atoms with Gasteiger partial charge in [-0.25, -0.2) is 0 Å². The van der Waals surface area contributed by atoms with Crippen molar-refractivity contribution in [1.29, 1.82) is 0 Å². The SMILES string of the molecule is CCC[C@@H](NC(=O)[C@H](C)N(C)CC(=O)Nc1ccccc1SC)c1ccccc1. The molecule has 0 bridgehead atoms. The summed E-state index contributed by atoms with van der Waals surface area (Å²) in [6, 6.07) is 17.3. The van der Waals surface area contributed by atoms with E-state index < -0.39 is 6.04 Å². The zero-order valence-corrected chi connectivity index (χ0v) is 18.5. The van der Waals surface area contributed by atoms with Crippen molar-refractivity contribution < 1.29 is 9.59 Å². The van der Waals surface area contributed by atoms with Crippen LogP contribution in [0, 0.1) is 0 Å². The number of thioether (sulfide) groups is 1. The zero-order valence-electron chi connectivity index (χ0n) is 17.6. The highest BCUT2D eigenvalue weighted by molar-refractivity contribution is 7.98. The summed E-state index contributed by atoms with van der Waals surface area (Å²) in [5.41, 5.74) is 1.89. The summed E-state index contributed by atoms with van der Waals surface area (Å²) in [5, 5.41) is 6.08. The molecule has 0 aliphatic carbocycles. The Kier molecular flexibility index (Phi) is 9.22. The van der Waals surface area contributed by atoms with Crippen molar-refractivity contribution in [3.8, 4) is 0 Å². The quantitative estimate of drug-likeness (QED) is 0.569. The van der Waals surface area contributed by atoms with Crippen LogP contribution in [0.2, 0.25) is 0 Å². The lowest BCUT2D eigenvalue weighted by molar-refractivity contribution is -0.127. The molecule has 2 amide bonds. The number of benzene rings is 2. The summed E-state index contributed by atoms with van der Waals surface area (Å²) in [4.78, 5) is 28.0. The summed E-state index contributed by atoms with van der Waals surface area (Å²) in [7, 11) is 1.79. The number of carbonyl (C=O) groups is 2. The molecule has 0 heterocycles. The van der Waals surface area contributed by atoms with E-state index in [1.807, 2.05) is 67.8 Å². The van der Waals surface area contributed by atoms with Crippen LogP contribution in [0.1, 0.15) is 38.3 Å². The Balaban J connectivity index is 1.94. The fraction of sp³-hybridized carbons (Fsp3) is 0.391. The molecule has 0 radical (unpaired) electrons. The lowest BCUT2D eigenvalue weighted by Crippen LogP contribution is -2.46. The number of likely N-dealkylation sites (N-methyl/N-ethyl adjacent to an activating group) is 1. The van der Waals surface area contributed by atoms with E-state index in [1.165, 1.54) is 0 Å². The Hall–Kier alpha value is -2.31. The highest BCUT2D eigenvalue weighted by atomic mass is 32.2. The largest absolute Gasteiger partial charge is 0.348 e. The van der Waals surface area contributed by atoms with Gasteiger partial charge in [0.05, 0.1) is 24.3 Å². The van der Waals surface area contributed by atoms with E-state index in [0.717, 1.165) is 29.0 Å². The van der Waals surface area contributed by atoms with Gasteiger partial charge in [-0.1, -0.05) is 55.8 Å². The van der Waals surface area contributed by atoms with E-state index >= 15 is 0 Å². The molecule has 0 spiro atoms. The molecule has 2 atom stereocenters. The average molecular weight is 414 g/mol. The topological polar surface area (TPSA) is 61.4 Å². The van der Waals surface area contributed by atoms with Crippen molar-refractivity contribution in [2.24, 2.45) is 0 Å². The van der Waals surface area contributed by atoms with Crippen LogP contribution in [0.25, 0.3) is 0 Å². The Labute approximate surface area is 178 Å². The summed E-state index contributed by atoms with van der Waals surface area (Å²) in [6.07, 6.45) is 3.82. The van der Waals surface area contributed by atoms with Crippen LogP contribution in [0.15, 0.2) is 59.5 Å². The maximum Gasteiger partial charge on any atom is 0.238 e. The third-order valence-corrected chi connectivity index (χ3v) is 5.71. The lowest BCUT2D eigenvalue weighted by atomic mass is 10.0. The number of anilines is 1. The summed E-state index contributed by atoms with van der Waals surface area (Å²) in [6.45, 7) is 4.07. The number of para-hydroxylation sites is 1. The van der Waals surface area contributed by atoms with Crippen LogP contribution in [0.3, 0.4) is 0 Å². The van der Waals surface area contributed by atoms with Gasteiger partial charge in [-0.3, -0.25) is 14.5 Å². The normalized spacial score (nSPS) is 13.0. The predicted molar refractivity (Wildman–Crippen MR) is 121 cm³/mol. The standard InChI is InChI=1S/C23H31N3O2S/c1-5-11-19(18-12-7-6-8-13-18)25-23(28)17(2)26(3)16-22(27)24-20-14-9-10-15-21(20)29-4/h6-10,12-15,17,19H,5,11,16H2,1-4H3,(H,24,27)(H,25,28)/t17-,19+/m0/s1. The van der Waals surface area contributed by atoms with Gasteiger partial charge in [0.1, 0.15) is 0 Å². The fourth-order valence-corrected chi connectivity index (χ4v) is 3.64. The molecule has 156 valence electrons. The van der Waals surface area contributed by atoms with Crippen molar-refractivity contribution in [2.45, 2.75) is 43.7 Å². The van der Waals surface area contributed by atoms with Crippen LogP contribution in [-0.2, 0) is 9.59 Å².